The summed E-state index contributed by atoms with van der Waals surface area (Å²) in [5.74, 6) is -2.03. The van der Waals surface area contributed by atoms with Crippen molar-refractivity contribution in [2.75, 3.05) is 18.9 Å². The lowest BCUT2D eigenvalue weighted by atomic mass is 10.1. The van der Waals surface area contributed by atoms with E-state index >= 15 is 0 Å². The number of nitrogens with two attached hydrogens (primary N) is 1. The minimum atomic E-state index is -0.854. The SMILES string of the molecule is CCOC(=O)c1c(C)[nH]c(C)c1C(=O)COC(=O)c1cc(Cl)cc(Cl)c1N. The van der Waals surface area contributed by atoms with E-state index in [0.717, 1.165) is 0 Å². The molecule has 0 spiro atoms. The van der Waals surface area contributed by atoms with Gasteiger partial charge < -0.3 is 20.2 Å². The van der Waals surface area contributed by atoms with Crippen LogP contribution >= 0.6 is 23.2 Å². The standard InChI is InChI=1S/C18H18Cl2N2O5/c1-4-26-18(25)15-9(3)22-8(2)14(15)13(23)7-27-17(24)11-5-10(19)6-12(20)16(11)21/h5-6,22H,4,7,21H2,1-3H3. The van der Waals surface area contributed by atoms with Crippen molar-refractivity contribution in [3.63, 3.8) is 0 Å². The summed E-state index contributed by atoms with van der Waals surface area (Å²) < 4.78 is 10.0. The van der Waals surface area contributed by atoms with Gasteiger partial charge in [-0.25, -0.2) is 9.59 Å². The summed E-state index contributed by atoms with van der Waals surface area (Å²) in [4.78, 5) is 39.9. The van der Waals surface area contributed by atoms with E-state index in [1.807, 2.05) is 0 Å². The Morgan fingerprint density at radius 3 is 2.30 bits per heavy atom. The van der Waals surface area contributed by atoms with Crippen molar-refractivity contribution in [3.8, 4) is 0 Å². The van der Waals surface area contributed by atoms with E-state index < -0.39 is 24.3 Å². The number of anilines is 1. The van der Waals surface area contributed by atoms with Crippen LogP contribution in [0.2, 0.25) is 10.0 Å². The Balaban J connectivity index is 2.22. The van der Waals surface area contributed by atoms with E-state index in [9.17, 15) is 14.4 Å². The fourth-order valence-electron chi connectivity index (χ4n) is 2.62. The van der Waals surface area contributed by atoms with Gasteiger partial charge in [-0.15, -0.1) is 0 Å². The van der Waals surface area contributed by atoms with E-state index in [-0.39, 0.29) is 39.0 Å². The Hall–Kier alpha value is -2.51. The number of Topliss-reactive ketones (excluding diaryl/α,β-unsaturated/α-hetero) is 1. The Bertz CT molecular complexity index is 921. The van der Waals surface area contributed by atoms with Gasteiger partial charge in [-0.2, -0.15) is 0 Å². The van der Waals surface area contributed by atoms with E-state index in [4.69, 9.17) is 38.4 Å². The maximum Gasteiger partial charge on any atom is 0.340 e. The van der Waals surface area contributed by atoms with Crippen LogP contribution in [0.5, 0.6) is 0 Å². The van der Waals surface area contributed by atoms with Crippen molar-refractivity contribution in [3.05, 3.63) is 50.3 Å². The van der Waals surface area contributed by atoms with Crippen LogP contribution in [0.25, 0.3) is 0 Å². The molecule has 0 aliphatic rings. The summed E-state index contributed by atoms with van der Waals surface area (Å²) in [6.45, 7) is 4.53. The second-order valence-electron chi connectivity index (χ2n) is 5.69. The first kappa shape index (κ1) is 20.8. The molecule has 1 aromatic carbocycles. The molecule has 0 aliphatic heterocycles. The molecule has 2 aromatic rings. The molecule has 0 radical (unpaired) electrons. The zero-order valence-electron chi connectivity index (χ0n) is 14.9. The minimum absolute atomic E-state index is 0.000558. The number of carbonyl (C=O) groups excluding carboxylic acids is 3. The molecule has 144 valence electrons. The lowest BCUT2D eigenvalue weighted by Gasteiger charge is -2.09. The van der Waals surface area contributed by atoms with Crippen LogP contribution in [0.15, 0.2) is 12.1 Å². The minimum Gasteiger partial charge on any atom is -0.462 e. The van der Waals surface area contributed by atoms with E-state index in [1.165, 1.54) is 12.1 Å². The highest BCUT2D eigenvalue weighted by atomic mass is 35.5. The predicted molar refractivity (Wildman–Crippen MR) is 102 cm³/mol. The number of aromatic nitrogens is 1. The van der Waals surface area contributed by atoms with Crippen LogP contribution in [0.1, 0.15) is 49.4 Å². The van der Waals surface area contributed by atoms with Gasteiger partial charge in [-0.1, -0.05) is 23.2 Å². The molecule has 0 saturated heterocycles. The van der Waals surface area contributed by atoms with E-state index in [1.54, 1.807) is 20.8 Å². The summed E-state index contributed by atoms with van der Waals surface area (Å²) in [6.07, 6.45) is 0. The highest BCUT2D eigenvalue weighted by Crippen LogP contribution is 2.28. The largest absolute Gasteiger partial charge is 0.462 e. The highest BCUT2D eigenvalue weighted by molar-refractivity contribution is 6.37. The van der Waals surface area contributed by atoms with Gasteiger partial charge in [0, 0.05) is 16.4 Å². The number of H-pyrrole nitrogens is 1. The number of benzene rings is 1. The summed E-state index contributed by atoms with van der Waals surface area (Å²) in [7, 11) is 0. The van der Waals surface area contributed by atoms with Crippen molar-refractivity contribution in [1.82, 2.24) is 4.98 Å². The maximum absolute atomic E-state index is 12.6. The summed E-state index contributed by atoms with van der Waals surface area (Å²) in [6, 6.07) is 2.68. The number of hydrogen-bond acceptors (Lipinski definition) is 6. The smallest absolute Gasteiger partial charge is 0.340 e. The quantitative estimate of drug-likeness (QED) is 0.424. The molecule has 2 rings (SSSR count). The molecule has 1 aromatic heterocycles. The summed E-state index contributed by atoms with van der Waals surface area (Å²) in [5, 5.41) is 0.302. The molecule has 27 heavy (non-hydrogen) atoms. The summed E-state index contributed by atoms with van der Waals surface area (Å²) >= 11 is 11.8. The van der Waals surface area contributed by atoms with Gasteiger partial charge in [0.05, 0.1) is 34.0 Å². The fourth-order valence-corrected chi connectivity index (χ4v) is 3.12. The maximum atomic E-state index is 12.6. The molecule has 0 bridgehead atoms. The first-order chi connectivity index (χ1) is 12.7. The van der Waals surface area contributed by atoms with Crippen LogP contribution in [0.4, 0.5) is 5.69 Å². The number of halogens is 2. The molecule has 0 saturated carbocycles. The number of nitrogens with one attached hydrogen (secondary N) is 1. The molecule has 0 unspecified atom stereocenters. The molecule has 0 amide bonds. The van der Waals surface area contributed by atoms with Crippen molar-refractivity contribution < 1.29 is 23.9 Å². The van der Waals surface area contributed by atoms with Crippen molar-refractivity contribution in [1.29, 1.82) is 0 Å². The Labute approximate surface area is 165 Å². The zero-order valence-corrected chi connectivity index (χ0v) is 16.5. The normalized spacial score (nSPS) is 10.6. The molecular formula is C18H18Cl2N2O5. The number of aromatic amines is 1. The van der Waals surface area contributed by atoms with Crippen molar-refractivity contribution in [2.24, 2.45) is 0 Å². The highest BCUT2D eigenvalue weighted by Gasteiger charge is 2.26. The van der Waals surface area contributed by atoms with Gasteiger partial charge in [0.15, 0.2) is 6.61 Å². The van der Waals surface area contributed by atoms with Crippen LogP contribution in [-0.4, -0.2) is 35.9 Å². The topological polar surface area (TPSA) is 111 Å². The third-order valence-electron chi connectivity index (χ3n) is 3.78. The Morgan fingerprint density at radius 2 is 1.67 bits per heavy atom. The molecule has 0 atom stereocenters. The number of ether oxygens (including phenoxy) is 2. The van der Waals surface area contributed by atoms with Gasteiger partial charge >= 0.3 is 11.9 Å². The number of aryl methyl sites for hydroxylation is 2. The monoisotopic (exact) mass is 412 g/mol. The lowest BCUT2D eigenvalue weighted by Crippen LogP contribution is -2.18. The number of esters is 2. The second kappa shape index (κ2) is 8.45. The molecule has 0 fully saturated rings. The van der Waals surface area contributed by atoms with Gasteiger partial charge in [-0.3, -0.25) is 4.79 Å². The Morgan fingerprint density at radius 1 is 1.04 bits per heavy atom. The zero-order chi connectivity index (χ0) is 20.3. The molecule has 1 heterocycles. The first-order valence-corrected chi connectivity index (χ1v) is 8.74. The Kier molecular flexibility index (Phi) is 6.51. The van der Waals surface area contributed by atoms with Gasteiger partial charge in [0.2, 0.25) is 5.78 Å². The number of hydrogen-bond donors (Lipinski definition) is 2. The molecule has 3 N–H and O–H groups in total. The van der Waals surface area contributed by atoms with Crippen LogP contribution in [-0.2, 0) is 9.47 Å². The molecular weight excluding hydrogens is 395 g/mol. The van der Waals surface area contributed by atoms with Crippen LogP contribution in [0.3, 0.4) is 0 Å². The van der Waals surface area contributed by atoms with E-state index in [0.29, 0.717) is 11.4 Å². The van der Waals surface area contributed by atoms with Gasteiger partial charge in [0.25, 0.3) is 0 Å². The third kappa shape index (κ3) is 4.43. The first-order valence-electron chi connectivity index (χ1n) is 7.98. The molecule has 0 aliphatic carbocycles. The number of carbonyl (C=O) groups is 3. The fraction of sp³-hybridized carbons (Fsp3) is 0.278. The molecule has 9 heteroatoms. The van der Waals surface area contributed by atoms with Gasteiger partial charge in [-0.05, 0) is 32.9 Å². The van der Waals surface area contributed by atoms with Gasteiger partial charge in [0.1, 0.15) is 0 Å². The third-order valence-corrected chi connectivity index (χ3v) is 4.31. The summed E-state index contributed by atoms with van der Waals surface area (Å²) in [5.41, 5.74) is 6.92. The van der Waals surface area contributed by atoms with Crippen LogP contribution < -0.4 is 5.73 Å². The van der Waals surface area contributed by atoms with Crippen molar-refractivity contribution in [2.45, 2.75) is 20.8 Å². The predicted octanol–water partition coefficient (Wildman–Crippen LogP) is 3.74. The van der Waals surface area contributed by atoms with E-state index in [2.05, 4.69) is 4.98 Å². The lowest BCUT2D eigenvalue weighted by molar-refractivity contribution is 0.0473. The average Bonchev–Trinajstić information content (AvgIpc) is 2.90. The number of rotatable bonds is 6. The molecule has 7 nitrogen and oxygen atoms in total. The number of nitrogen functional groups attached to an aromatic ring is 1. The number of ketones is 1. The van der Waals surface area contributed by atoms with Crippen molar-refractivity contribution >= 4 is 46.6 Å². The average molecular weight is 413 g/mol. The van der Waals surface area contributed by atoms with Crippen LogP contribution in [0, 0.1) is 13.8 Å². The second-order valence-corrected chi connectivity index (χ2v) is 6.54.